The summed E-state index contributed by atoms with van der Waals surface area (Å²) in [7, 11) is 0. The SMILES string of the molecule is CCC(COOC(C)(C)C)OC(=O)OC(CC)COOC(C)(C)C. The summed E-state index contributed by atoms with van der Waals surface area (Å²) in [6.07, 6.45) is -0.466. The lowest BCUT2D eigenvalue weighted by molar-refractivity contribution is -0.358. The molecule has 0 rings (SSSR count). The quantitative estimate of drug-likeness (QED) is 0.332. The van der Waals surface area contributed by atoms with Gasteiger partial charge in [-0.25, -0.2) is 24.3 Å². The van der Waals surface area contributed by atoms with Crippen molar-refractivity contribution in [3.63, 3.8) is 0 Å². The summed E-state index contributed by atoms with van der Waals surface area (Å²) < 4.78 is 10.5. The summed E-state index contributed by atoms with van der Waals surface area (Å²) in [4.78, 5) is 32.4. The zero-order valence-corrected chi connectivity index (χ0v) is 16.3. The van der Waals surface area contributed by atoms with Crippen LogP contribution in [0.25, 0.3) is 0 Å². The summed E-state index contributed by atoms with van der Waals surface area (Å²) in [6.45, 7) is 15.3. The van der Waals surface area contributed by atoms with Crippen molar-refractivity contribution in [3.05, 3.63) is 0 Å². The second-order valence-electron chi connectivity index (χ2n) is 7.51. The zero-order chi connectivity index (χ0) is 18.8. The van der Waals surface area contributed by atoms with Crippen molar-refractivity contribution < 1.29 is 33.8 Å². The molecule has 24 heavy (non-hydrogen) atoms. The van der Waals surface area contributed by atoms with Gasteiger partial charge in [0.25, 0.3) is 0 Å². The minimum Gasteiger partial charge on any atom is -0.428 e. The van der Waals surface area contributed by atoms with Crippen LogP contribution in [0.5, 0.6) is 0 Å². The van der Waals surface area contributed by atoms with Crippen LogP contribution in [-0.4, -0.2) is 42.8 Å². The Balaban J connectivity index is 4.16. The summed E-state index contributed by atoms with van der Waals surface area (Å²) in [5.74, 6) is 0. The van der Waals surface area contributed by atoms with Crippen LogP contribution >= 0.6 is 0 Å². The van der Waals surface area contributed by atoms with E-state index in [0.717, 1.165) is 0 Å². The van der Waals surface area contributed by atoms with Crippen LogP contribution < -0.4 is 0 Å². The highest BCUT2D eigenvalue weighted by atomic mass is 17.2. The Morgan fingerprint density at radius 3 is 1.33 bits per heavy atom. The maximum atomic E-state index is 11.9. The second-order valence-corrected chi connectivity index (χ2v) is 7.51. The third-order valence-electron chi connectivity index (χ3n) is 2.56. The van der Waals surface area contributed by atoms with E-state index in [4.69, 9.17) is 29.0 Å². The Bertz CT molecular complexity index is 312. The average Bonchev–Trinajstić information content (AvgIpc) is 2.42. The summed E-state index contributed by atoms with van der Waals surface area (Å²) in [6, 6.07) is 0. The monoisotopic (exact) mass is 350 g/mol. The van der Waals surface area contributed by atoms with Crippen molar-refractivity contribution in [2.24, 2.45) is 0 Å². The van der Waals surface area contributed by atoms with Gasteiger partial charge in [-0.15, -0.1) is 0 Å². The molecule has 0 spiro atoms. The van der Waals surface area contributed by atoms with Crippen molar-refractivity contribution in [1.29, 1.82) is 0 Å². The van der Waals surface area contributed by atoms with Crippen LogP contribution in [0.3, 0.4) is 0 Å². The Hall–Kier alpha value is -0.890. The molecule has 2 atom stereocenters. The van der Waals surface area contributed by atoms with Gasteiger partial charge in [-0.05, 0) is 54.4 Å². The molecule has 0 aromatic carbocycles. The Morgan fingerprint density at radius 2 is 1.08 bits per heavy atom. The standard InChI is InChI=1S/C17H34O7/c1-9-13(11-19-23-16(3,4)5)21-15(18)22-14(10-2)12-20-24-17(6,7)8/h13-14H,9-12H2,1-8H3. The summed E-state index contributed by atoms with van der Waals surface area (Å²) in [5, 5.41) is 0. The number of hydrogen-bond acceptors (Lipinski definition) is 7. The molecular formula is C17H34O7. The Morgan fingerprint density at radius 1 is 0.750 bits per heavy atom. The predicted octanol–water partition coefficient (Wildman–Crippen LogP) is 4.19. The topological polar surface area (TPSA) is 72.5 Å². The number of hydrogen-bond donors (Lipinski definition) is 0. The van der Waals surface area contributed by atoms with Gasteiger partial charge in [0.1, 0.15) is 25.4 Å². The molecule has 0 saturated heterocycles. The molecule has 0 fully saturated rings. The first-order valence-electron chi connectivity index (χ1n) is 8.45. The lowest BCUT2D eigenvalue weighted by Crippen LogP contribution is -2.30. The van der Waals surface area contributed by atoms with Crippen LogP contribution in [0, 0.1) is 0 Å². The van der Waals surface area contributed by atoms with Crippen LogP contribution in [-0.2, 0) is 29.0 Å². The summed E-state index contributed by atoms with van der Waals surface area (Å²) >= 11 is 0. The minimum atomic E-state index is -0.757. The molecule has 0 N–H and O–H groups in total. The zero-order valence-electron chi connectivity index (χ0n) is 16.3. The molecule has 0 saturated carbocycles. The van der Waals surface area contributed by atoms with Crippen molar-refractivity contribution in [3.8, 4) is 0 Å². The van der Waals surface area contributed by atoms with Crippen LogP contribution in [0.15, 0.2) is 0 Å². The maximum absolute atomic E-state index is 11.9. The first-order valence-corrected chi connectivity index (χ1v) is 8.45. The van der Waals surface area contributed by atoms with Crippen molar-refractivity contribution in [2.75, 3.05) is 13.2 Å². The minimum absolute atomic E-state index is 0.142. The third-order valence-corrected chi connectivity index (χ3v) is 2.56. The molecule has 0 radical (unpaired) electrons. The molecular weight excluding hydrogens is 316 g/mol. The Kier molecular flexibility index (Phi) is 10.5. The lowest BCUT2D eigenvalue weighted by Gasteiger charge is -2.22. The van der Waals surface area contributed by atoms with Crippen molar-refractivity contribution >= 4 is 6.16 Å². The van der Waals surface area contributed by atoms with E-state index < -0.39 is 29.6 Å². The smallest absolute Gasteiger partial charge is 0.428 e. The number of carbonyl (C=O) groups excluding carboxylic acids is 1. The van der Waals surface area contributed by atoms with Crippen LogP contribution in [0.1, 0.15) is 68.2 Å². The fourth-order valence-electron chi connectivity index (χ4n) is 1.34. The number of rotatable bonds is 10. The number of carbonyl (C=O) groups is 1. The van der Waals surface area contributed by atoms with Gasteiger partial charge in [0.15, 0.2) is 0 Å². The van der Waals surface area contributed by atoms with Gasteiger partial charge in [-0.1, -0.05) is 13.8 Å². The van der Waals surface area contributed by atoms with Crippen molar-refractivity contribution in [2.45, 2.75) is 91.6 Å². The predicted molar refractivity (Wildman–Crippen MR) is 89.3 cm³/mol. The molecule has 2 unspecified atom stereocenters. The van der Waals surface area contributed by atoms with E-state index in [1.807, 2.05) is 55.4 Å². The average molecular weight is 350 g/mol. The molecule has 0 aromatic rings. The van der Waals surface area contributed by atoms with E-state index in [-0.39, 0.29) is 13.2 Å². The van der Waals surface area contributed by atoms with Gasteiger partial charge < -0.3 is 9.47 Å². The summed E-state index contributed by atoms with van der Waals surface area (Å²) in [5.41, 5.74) is -0.840. The number of ether oxygens (including phenoxy) is 2. The molecule has 144 valence electrons. The van der Waals surface area contributed by atoms with Gasteiger partial charge in [-0.2, -0.15) is 0 Å². The van der Waals surface area contributed by atoms with E-state index in [1.54, 1.807) is 0 Å². The van der Waals surface area contributed by atoms with Gasteiger partial charge >= 0.3 is 6.16 Å². The van der Waals surface area contributed by atoms with Gasteiger partial charge in [0, 0.05) is 0 Å². The molecule has 0 bridgehead atoms. The second kappa shape index (κ2) is 10.9. The van der Waals surface area contributed by atoms with E-state index in [0.29, 0.717) is 12.8 Å². The van der Waals surface area contributed by atoms with Gasteiger partial charge in [0.05, 0.1) is 11.2 Å². The first kappa shape index (κ1) is 23.1. The highest BCUT2D eigenvalue weighted by Gasteiger charge is 2.21. The first-order chi connectivity index (χ1) is 11.0. The fraction of sp³-hybridized carbons (Fsp3) is 0.941. The Labute approximate surface area is 145 Å². The third kappa shape index (κ3) is 13.5. The molecule has 0 aliphatic heterocycles. The highest BCUT2D eigenvalue weighted by molar-refractivity contribution is 5.60. The van der Waals surface area contributed by atoms with E-state index >= 15 is 0 Å². The lowest BCUT2D eigenvalue weighted by atomic mass is 10.2. The van der Waals surface area contributed by atoms with E-state index in [9.17, 15) is 4.79 Å². The van der Waals surface area contributed by atoms with Gasteiger partial charge in [0.2, 0.25) is 0 Å². The van der Waals surface area contributed by atoms with E-state index in [1.165, 1.54) is 0 Å². The van der Waals surface area contributed by atoms with Crippen molar-refractivity contribution in [1.82, 2.24) is 0 Å². The normalized spacial score (nSPS) is 15.0. The molecule has 0 aromatic heterocycles. The van der Waals surface area contributed by atoms with Gasteiger partial charge in [-0.3, -0.25) is 0 Å². The fourth-order valence-corrected chi connectivity index (χ4v) is 1.34. The molecule has 0 aliphatic rings. The largest absolute Gasteiger partial charge is 0.508 e. The van der Waals surface area contributed by atoms with Crippen LogP contribution in [0.4, 0.5) is 4.79 Å². The molecule has 7 heteroatoms. The maximum Gasteiger partial charge on any atom is 0.508 e. The highest BCUT2D eigenvalue weighted by Crippen LogP contribution is 2.12. The molecule has 7 nitrogen and oxygen atoms in total. The molecule has 0 aliphatic carbocycles. The molecule has 0 heterocycles. The van der Waals surface area contributed by atoms with E-state index in [2.05, 4.69) is 0 Å². The van der Waals surface area contributed by atoms with Crippen LogP contribution in [0.2, 0.25) is 0 Å². The molecule has 0 amide bonds.